The molecule has 80 valence electrons. The average molecular weight is 235 g/mol. The lowest BCUT2D eigenvalue weighted by Crippen LogP contribution is -2.56. The summed E-state index contributed by atoms with van der Waals surface area (Å²) in [5.41, 5.74) is 1.93. The molecule has 1 aromatic carbocycles. The van der Waals surface area contributed by atoms with Gasteiger partial charge >= 0.3 is 0 Å². The lowest BCUT2D eigenvalue weighted by molar-refractivity contribution is 0.862. The summed E-state index contributed by atoms with van der Waals surface area (Å²) in [6, 6.07) is 10.4. The molecule has 15 heavy (non-hydrogen) atoms. The third-order valence-corrected chi connectivity index (χ3v) is 6.30. The van der Waals surface area contributed by atoms with Crippen molar-refractivity contribution >= 4 is 31.0 Å². The van der Waals surface area contributed by atoms with E-state index in [0.717, 1.165) is 11.5 Å². The number of thiocarbonyl (C=S) groups is 1. The van der Waals surface area contributed by atoms with Crippen LogP contribution in [-0.4, -0.2) is 19.6 Å². The van der Waals surface area contributed by atoms with Gasteiger partial charge in [-0.3, -0.25) is 0 Å². The summed E-state index contributed by atoms with van der Waals surface area (Å²) < 4.78 is 0. The Hall–Kier alpha value is -0.673. The van der Waals surface area contributed by atoms with Crippen LogP contribution in [0.3, 0.4) is 0 Å². The molecule has 1 heterocycles. The largest absolute Gasteiger partial charge is 0.336 e. The SMILES string of the molecule is C[Si](C)(C)C1CN(c2ccccc2)C1=S. The molecule has 0 aliphatic carbocycles. The molecular weight excluding hydrogens is 218 g/mol. The standard InChI is InChI=1S/C12H17NSSi/c1-15(2,3)11-9-13(12(11)14)10-7-5-4-6-8-10/h4-8,11H,9H2,1-3H3. The van der Waals surface area contributed by atoms with Crippen LogP contribution in [0.2, 0.25) is 25.2 Å². The Morgan fingerprint density at radius 1 is 1.20 bits per heavy atom. The van der Waals surface area contributed by atoms with Gasteiger partial charge in [0.25, 0.3) is 0 Å². The van der Waals surface area contributed by atoms with Crippen molar-refractivity contribution in [1.82, 2.24) is 0 Å². The molecule has 0 bridgehead atoms. The first-order chi connectivity index (χ1) is 7.00. The maximum atomic E-state index is 5.52. The minimum absolute atomic E-state index is 0.688. The minimum atomic E-state index is -1.09. The van der Waals surface area contributed by atoms with Gasteiger partial charge in [0.05, 0.1) is 13.1 Å². The molecule has 2 rings (SSSR count). The summed E-state index contributed by atoms with van der Waals surface area (Å²) in [7, 11) is -1.09. The fraction of sp³-hybridized carbons (Fsp3) is 0.417. The Morgan fingerprint density at radius 2 is 1.80 bits per heavy atom. The van der Waals surface area contributed by atoms with Crippen molar-refractivity contribution in [2.45, 2.75) is 25.2 Å². The third kappa shape index (κ3) is 1.99. The fourth-order valence-electron chi connectivity index (χ4n) is 1.91. The van der Waals surface area contributed by atoms with Crippen molar-refractivity contribution in [1.29, 1.82) is 0 Å². The van der Waals surface area contributed by atoms with E-state index >= 15 is 0 Å². The number of hydrogen-bond donors (Lipinski definition) is 0. The second-order valence-electron chi connectivity index (χ2n) is 5.20. The molecule has 0 spiro atoms. The van der Waals surface area contributed by atoms with Crippen LogP contribution < -0.4 is 4.90 Å². The van der Waals surface area contributed by atoms with E-state index in [0.29, 0.717) is 5.54 Å². The van der Waals surface area contributed by atoms with Crippen LogP contribution in [0.1, 0.15) is 0 Å². The Balaban J connectivity index is 2.11. The molecule has 1 aliphatic rings. The zero-order valence-corrected chi connectivity index (χ0v) is 11.3. The Morgan fingerprint density at radius 3 is 2.27 bits per heavy atom. The molecule has 3 heteroatoms. The number of rotatable bonds is 2. The fourth-order valence-corrected chi connectivity index (χ4v) is 4.85. The van der Waals surface area contributed by atoms with Gasteiger partial charge in [-0.1, -0.05) is 50.1 Å². The molecular formula is C12H17NSSi. The first-order valence-corrected chi connectivity index (χ1v) is 9.35. The van der Waals surface area contributed by atoms with Crippen LogP contribution in [-0.2, 0) is 0 Å². The van der Waals surface area contributed by atoms with Gasteiger partial charge in [-0.15, -0.1) is 0 Å². The summed E-state index contributed by atoms with van der Waals surface area (Å²) in [6.45, 7) is 8.31. The van der Waals surface area contributed by atoms with E-state index in [1.165, 1.54) is 5.69 Å². The van der Waals surface area contributed by atoms with E-state index in [9.17, 15) is 0 Å². The molecule has 0 amide bonds. The summed E-state index contributed by atoms with van der Waals surface area (Å²) in [4.78, 5) is 3.42. The highest BCUT2D eigenvalue weighted by Crippen LogP contribution is 2.37. The predicted molar refractivity (Wildman–Crippen MR) is 73.5 cm³/mol. The molecule has 1 saturated heterocycles. The topological polar surface area (TPSA) is 3.24 Å². The van der Waals surface area contributed by atoms with E-state index in [1.807, 2.05) is 6.07 Å². The summed E-state index contributed by atoms with van der Waals surface area (Å²) in [5.74, 6) is 0. The molecule has 1 unspecified atom stereocenters. The molecule has 0 N–H and O–H groups in total. The maximum absolute atomic E-state index is 5.52. The summed E-state index contributed by atoms with van der Waals surface area (Å²) in [6.07, 6.45) is 0. The van der Waals surface area contributed by atoms with Gasteiger partial charge in [-0.05, 0) is 12.1 Å². The number of hydrogen-bond acceptors (Lipinski definition) is 1. The molecule has 0 radical (unpaired) electrons. The van der Waals surface area contributed by atoms with E-state index in [1.54, 1.807) is 0 Å². The van der Waals surface area contributed by atoms with Gasteiger partial charge in [0.15, 0.2) is 0 Å². The summed E-state index contributed by atoms with van der Waals surface area (Å²) >= 11 is 5.52. The highest BCUT2D eigenvalue weighted by molar-refractivity contribution is 7.81. The molecule has 1 aliphatic heterocycles. The molecule has 1 aromatic rings. The van der Waals surface area contributed by atoms with Crippen molar-refractivity contribution in [3.8, 4) is 0 Å². The van der Waals surface area contributed by atoms with E-state index in [2.05, 4.69) is 48.8 Å². The monoisotopic (exact) mass is 235 g/mol. The second-order valence-corrected chi connectivity index (χ2v) is 11.1. The Kier molecular flexibility index (Phi) is 2.69. The third-order valence-electron chi connectivity index (χ3n) is 3.04. The number of nitrogens with zero attached hydrogens (tertiary/aromatic N) is 1. The van der Waals surface area contributed by atoms with Gasteiger partial charge in [-0.2, -0.15) is 0 Å². The highest BCUT2D eigenvalue weighted by Gasteiger charge is 2.42. The molecule has 1 nitrogen and oxygen atoms in total. The van der Waals surface area contributed by atoms with Crippen LogP contribution >= 0.6 is 12.2 Å². The second kappa shape index (κ2) is 3.72. The lowest BCUT2D eigenvalue weighted by Gasteiger charge is -2.47. The van der Waals surface area contributed by atoms with Crippen LogP contribution in [0.15, 0.2) is 30.3 Å². The Labute approximate surface area is 98.1 Å². The highest BCUT2D eigenvalue weighted by atomic mass is 32.1. The molecule has 1 atom stereocenters. The number of benzene rings is 1. The van der Waals surface area contributed by atoms with E-state index in [4.69, 9.17) is 12.2 Å². The lowest BCUT2D eigenvalue weighted by atomic mass is 10.1. The Bertz CT molecular complexity index is 369. The van der Waals surface area contributed by atoms with Crippen LogP contribution in [0, 0.1) is 0 Å². The number of para-hydroxylation sites is 1. The zero-order valence-electron chi connectivity index (χ0n) is 9.53. The zero-order chi connectivity index (χ0) is 11.1. The van der Waals surface area contributed by atoms with Crippen molar-refractivity contribution in [3.05, 3.63) is 30.3 Å². The average Bonchev–Trinajstić information content (AvgIpc) is 2.15. The van der Waals surface area contributed by atoms with Crippen LogP contribution in [0.5, 0.6) is 0 Å². The molecule has 1 fully saturated rings. The van der Waals surface area contributed by atoms with Crippen molar-refractivity contribution in [2.24, 2.45) is 0 Å². The number of anilines is 1. The van der Waals surface area contributed by atoms with Gasteiger partial charge < -0.3 is 4.90 Å². The van der Waals surface area contributed by atoms with Crippen molar-refractivity contribution in [2.75, 3.05) is 11.4 Å². The van der Waals surface area contributed by atoms with Gasteiger partial charge in [0.1, 0.15) is 0 Å². The van der Waals surface area contributed by atoms with Gasteiger partial charge in [-0.25, -0.2) is 0 Å². The van der Waals surface area contributed by atoms with E-state index in [-0.39, 0.29) is 0 Å². The van der Waals surface area contributed by atoms with Crippen LogP contribution in [0.25, 0.3) is 0 Å². The minimum Gasteiger partial charge on any atom is -0.336 e. The maximum Gasteiger partial charge on any atom is 0.0845 e. The molecule has 0 saturated carbocycles. The quantitative estimate of drug-likeness (QED) is 0.570. The van der Waals surface area contributed by atoms with E-state index < -0.39 is 8.07 Å². The van der Waals surface area contributed by atoms with Gasteiger partial charge in [0, 0.05) is 17.8 Å². The van der Waals surface area contributed by atoms with Gasteiger partial charge in [0.2, 0.25) is 0 Å². The summed E-state index contributed by atoms with van der Waals surface area (Å²) in [5, 5.41) is 0. The van der Waals surface area contributed by atoms with Crippen molar-refractivity contribution in [3.63, 3.8) is 0 Å². The van der Waals surface area contributed by atoms with Crippen molar-refractivity contribution < 1.29 is 0 Å². The first-order valence-electron chi connectivity index (χ1n) is 5.36. The first kappa shape index (κ1) is 10.8. The normalized spacial score (nSPS) is 21.4. The predicted octanol–water partition coefficient (Wildman–Crippen LogP) is 3.54. The molecule has 0 aromatic heterocycles. The van der Waals surface area contributed by atoms with Crippen LogP contribution in [0.4, 0.5) is 5.69 Å². The smallest absolute Gasteiger partial charge is 0.0845 e.